The number of benzene rings is 1. The predicted molar refractivity (Wildman–Crippen MR) is 78.9 cm³/mol. The minimum atomic E-state index is -0.0291. The van der Waals surface area contributed by atoms with E-state index in [-0.39, 0.29) is 5.91 Å². The maximum Gasteiger partial charge on any atom is 0.226 e. The van der Waals surface area contributed by atoms with Crippen LogP contribution < -0.4 is 11.1 Å². The maximum atomic E-state index is 12.0. The number of rotatable bonds is 5. The van der Waals surface area contributed by atoms with E-state index in [0.717, 1.165) is 22.4 Å². The molecule has 4 heteroatoms. The number of nitrogens with two attached hydrogens (primary N) is 1. The Balaban J connectivity index is 1.94. The molecule has 1 aromatic carbocycles. The van der Waals surface area contributed by atoms with Gasteiger partial charge < -0.3 is 11.1 Å². The standard InChI is InChI=1S/C16H19N3O/c1-12-5-4-8-18-15(12)9-16(20)19-11-14-7-3-2-6-13(14)10-17/h2-8H,9-11,17H2,1H3,(H,19,20). The van der Waals surface area contributed by atoms with Crippen molar-refractivity contribution in [1.29, 1.82) is 0 Å². The van der Waals surface area contributed by atoms with Crippen LogP contribution in [0.25, 0.3) is 0 Å². The maximum absolute atomic E-state index is 12.0. The number of nitrogens with zero attached hydrogens (tertiary/aromatic N) is 1. The number of carbonyl (C=O) groups excluding carboxylic acids is 1. The molecule has 0 saturated carbocycles. The lowest BCUT2D eigenvalue weighted by Gasteiger charge is -2.09. The molecule has 3 N–H and O–H groups in total. The summed E-state index contributed by atoms with van der Waals surface area (Å²) in [4.78, 5) is 16.2. The van der Waals surface area contributed by atoms with E-state index in [0.29, 0.717) is 19.5 Å². The summed E-state index contributed by atoms with van der Waals surface area (Å²) in [5, 5.41) is 2.91. The predicted octanol–water partition coefficient (Wildman–Crippen LogP) is 1.71. The lowest BCUT2D eigenvalue weighted by molar-refractivity contribution is -0.120. The zero-order valence-electron chi connectivity index (χ0n) is 11.6. The van der Waals surface area contributed by atoms with Crippen molar-refractivity contribution in [2.24, 2.45) is 5.73 Å². The number of carbonyl (C=O) groups is 1. The third-order valence-corrected chi connectivity index (χ3v) is 3.26. The quantitative estimate of drug-likeness (QED) is 0.868. The van der Waals surface area contributed by atoms with Crippen LogP contribution in [0.4, 0.5) is 0 Å². The molecule has 0 fully saturated rings. The summed E-state index contributed by atoms with van der Waals surface area (Å²) < 4.78 is 0. The number of hydrogen-bond acceptors (Lipinski definition) is 3. The Kier molecular flexibility index (Phi) is 4.85. The van der Waals surface area contributed by atoms with E-state index in [4.69, 9.17) is 5.73 Å². The van der Waals surface area contributed by atoms with Crippen LogP contribution in [0, 0.1) is 6.92 Å². The molecule has 1 amide bonds. The molecule has 20 heavy (non-hydrogen) atoms. The summed E-state index contributed by atoms with van der Waals surface area (Å²) in [6, 6.07) is 11.7. The van der Waals surface area contributed by atoms with E-state index in [9.17, 15) is 4.79 Å². The van der Waals surface area contributed by atoms with Crippen LogP contribution >= 0.6 is 0 Å². The summed E-state index contributed by atoms with van der Waals surface area (Å²) in [6.45, 7) is 2.93. The third kappa shape index (κ3) is 3.65. The molecule has 2 aromatic rings. The first-order chi connectivity index (χ1) is 9.70. The van der Waals surface area contributed by atoms with Crippen molar-refractivity contribution < 1.29 is 4.79 Å². The lowest BCUT2D eigenvalue weighted by Crippen LogP contribution is -2.26. The molecule has 0 spiro atoms. The first-order valence-corrected chi connectivity index (χ1v) is 6.64. The van der Waals surface area contributed by atoms with E-state index in [2.05, 4.69) is 10.3 Å². The fourth-order valence-electron chi connectivity index (χ4n) is 2.04. The third-order valence-electron chi connectivity index (χ3n) is 3.26. The average Bonchev–Trinajstić information content (AvgIpc) is 2.48. The summed E-state index contributed by atoms with van der Waals surface area (Å²) in [7, 11) is 0. The summed E-state index contributed by atoms with van der Waals surface area (Å²) in [5.74, 6) is -0.0291. The minimum absolute atomic E-state index is 0.0291. The monoisotopic (exact) mass is 269 g/mol. The Hall–Kier alpha value is -2.20. The van der Waals surface area contributed by atoms with Crippen LogP contribution in [0.15, 0.2) is 42.6 Å². The van der Waals surface area contributed by atoms with Crippen molar-refractivity contribution in [3.8, 4) is 0 Å². The number of amides is 1. The molecule has 0 saturated heterocycles. The molecule has 0 aliphatic rings. The van der Waals surface area contributed by atoms with Crippen molar-refractivity contribution in [1.82, 2.24) is 10.3 Å². The number of aryl methyl sites for hydroxylation is 1. The Morgan fingerprint density at radius 3 is 2.65 bits per heavy atom. The van der Waals surface area contributed by atoms with Crippen molar-refractivity contribution in [2.45, 2.75) is 26.4 Å². The molecule has 0 atom stereocenters. The van der Waals surface area contributed by atoms with Gasteiger partial charge in [-0.15, -0.1) is 0 Å². The van der Waals surface area contributed by atoms with Crippen LogP contribution in [0.1, 0.15) is 22.4 Å². The van der Waals surface area contributed by atoms with Gasteiger partial charge in [-0.05, 0) is 29.7 Å². The van der Waals surface area contributed by atoms with Gasteiger partial charge in [-0.25, -0.2) is 0 Å². The molecule has 1 aromatic heterocycles. The molecular formula is C16H19N3O. The van der Waals surface area contributed by atoms with Crippen LogP contribution in [0.2, 0.25) is 0 Å². The van der Waals surface area contributed by atoms with Crippen molar-refractivity contribution in [2.75, 3.05) is 0 Å². The second kappa shape index (κ2) is 6.82. The average molecular weight is 269 g/mol. The number of nitrogens with one attached hydrogen (secondary N) is 1. The highest BCUT2D eigenvalue weighted by Gasteiger charge is 2.07. The fraction of sp³-hybridized carbons (Fsp3) is 0.250. The Labute approximate surface area is 119 Å². The molecule has 0 radical (unpaired) electrons. The molecule has 0 aliphatic heterocycles. The zero-order chi connectivity index (χ0) is 14.4. The van der Waals surface area contributed by atoms with Gasteiger partial charge in [0.1, 0.15) is 0 Å². The van der Waals surface area contributed by atoms with Gasteiger partial charge in [0, 0.05) is 19.3 Å². The van der Waals surface area contributed by atoms with Crippen LogP contribution in [0.5, 0.6) is 0 Å². The highest BCUT2D eigenvalue weighted by atomic mass is 16.1. The highest BCUT2D eigenvalue weighted by molar-refractivity contribution is 5.78. The largest absolute Gasteiger partial charge is 0.352 e. The normalized spacial score (nSPS) is 10.3. The highest BCUT2D eigenvalue weighted by Crippen LogP contribution is 2.08. The fourth-order valence-corrected chi connectivity index (χ4v) is 2.04. The second-order valence-corrected chi connectivity index (χ2v) is 4.69. The molecule has 2 rings (SSSR count). The zero-order valence-corrected chi connectivity index (χ0v) is 11.6. The first-order valence-electron chi connectivity index (χ1n) is 6.64. The van der Waals surface area contributed by atoms with Crippen molar-refractivity contribution in [3.05, 3.63) is 65.0 Å². The molecule has 0 unspecified atom stereocenters. The van der Waals surface area contributed by atoms with Gasteiger partial charge in [-0.3, -0.25) is 9.78 Å². The van der Waals surface area contributed by atoms with Crippen LogP contribution in [-0.2, 0) is 24.3 Å². The van der Waals surface area contributed by atoms with Crippen LogP contribution in [-0.4, -0.2) is 10.9 Å². The molecule has 1 heterocycles. The summed E-state index contributed by atoms with van der Waals surface area (Å²) in [6.07, 6.45) is 2.01. The number of hydrogen-bond donors (Lipinski definition) is 2. The Morgan fingerprint density at radius 2 is 1.95 bits per heavy atom. The van der Waals surface area contributed by atoms with Gasteiger partial charge in [-0.1, -0.05) is 30.3 Å². The van der Waals surface area contributed by atoms with Crippen molar-refractivity contribution >= 4 is 5.91 Å². The van der Waals surface area contributed by atoms with Gasteiger partial charge in [0.25, 0.3) is 0 Å². The van der Waals surface area contributed by atoms with Crippen LogP contribution in [0.3, 0.4) is 0 Å². The summed E-state index contributed by atoms with van der Waals surface area (Å²) in [5.41, 5.74) is 9.64. The topological polar surface area (TPSA) is 68.0 Å². The van der Waals surface area contributed by atoms with E-state index < -0.39 is 0 Å². The van der Waals surface area contributed by atoms with Gasteiger partial charge in [-0.2, -0.15) is 0 Å². The molecule has 4 nitrogen and oxygen atoms in total. The molecule has 104 valence electrons. The number of aromatic nitrogens is 1. The van der Waals surface area contributed by atoms with E-state index in [1.54, 1.807) is 6.20 Å². The van der Waals surface area contributed by atoms with E-state index in [1.165, 1.54) is 0 Å². The van der Waals surface area contributed by atoms with Gasteiger partial charge in [0.2, 0.25) is 5.91 Å². The lowest BCUT2D eigenvalue weighted by atomic mass is 10.1. The minimum Gasteiger partial charge on any atom is -0.352 e. The molecule has 0 bridgehead atoms. The molecular weight excluding hydrogens is 250 g/mol. The first kappa shape index (κ1) is 14.2. The van der Waals surface area contributed by atoms with E-state index in [1.807, 2.05) is 43.3 Å². The van der Waals surface area contributed by atoms with Gasteiger partial charge >= 0.3 is 0 Å². The SMILES string of the molecule is Cc1cccnc1CC(=O)NCc1ccccc1CN. The summed E-state index contributed by atoms with van der Waals surface area (Å²) >= 11 is 0. The van der Waals surface area contributed by atoms with Gasteiger partial charge in [0.15, 0.2) is 0 Å². The Morgan fingerprint density at radius 1 is 1.20 bits per heavy atom. The Bertz CT molecular complexity index is 596. The van der Waals surface area contributed by atoms with E-state index >= 15 is 0 Å². The van der Waals surface area contributed by atoms with Crippen molar-refractivity contribution in [3.63, 3.8) is 0 Å². The second-order valence-electron chi connectivity index (χ2n) is 4.69. The molecule has 0 aliphatic carbocycles. The number of pyridine rings is 1. The van der Waals surface area contributed by atoms with Gasteiger partial charge in [0.05, 0.1) is 12.1 Å². The smallest absolute Gasteiger partial charge is 0.226 e.